The van der Waals surface area contributed by atoms with Crippen LogP contribution in [0.5, 0.6) is 0 Å². The van der Waals surface area contributed by atoms with Crippen LogP contribution in [0.4, 0.5) is 5.69 Å². The van der Waals surface area contributed by atoms with Crippen LogP contribution < -0.4 is 0 Å². The van der Waals surface area contributed by atoms with Crippen LogP contribution in [0.1, 0.15) is 82.3 Å². The van der Waals surface area contributed by atoms with Gasteiger partial charge in [0.1, 0.15) is 0 Å². The molecule has 0 atom stereocenters. The van der Waals surface area contributed by atoms with Gasteiger partial charge in [-0.1, -0.05) is 51.3 Å². The molecule has 0 bridgehead atoms. The highest BCUT2D eigenvalue weighted by Gasteiger charge is 2.49. The van der Waals surface area contributed by atoms with Gasteiger partial charge in [0.2, 0.25) is 0 Å². The van der Waals surface area contributed by atoms with E-state index in [2.05, 4.69) is 24.8 Å². The van der Waals surface area contributed by atoms with Gasteiger partial charge in [0.05, 0.1) is 22.9 Å². The molecule has 26 heavy (non-hydrogen) atoms. The standard InChI is InChI=1S/C22H29N3S/c1-16(2)19-13-17(14-23)9-10-20(19)24-21-25(18-7-3-4-8-18)22(15-26-21)11-5-6-12-22/h9-10,13,16,18H,3-8,11-12,15H2,1-2H3. The fourth-order valence-electron chi connectivity index (χ4n) is 5.04. The molecule has 1 aliphatic heterocycles. The van der Waals surface area contributed by atoms with Crippen LogP contribution in [-0.4, -0.2) is 27.4 Å². The van der Waals surface area contributed by atoms with Crippen LogP contribution in [0, 0.1) is 11.3 Å². The SMILES string of the molecule is CC(C)c1cc(C#N)ccc1N=C1SCC2(CCCC2)N1C1CCCC1. The van der Waals surface area contributed by atoms with Crippen LogP contribution in [0.15, 0.2) is 23.2 Å². The van der Waals surface area contributed by atoms with E-state index in [0.29, 0.717) is 17.5 Å². The van der Waals surface area contributed by atoms with E-state index in [1.807, 2.05) is 30.0 Å². The minimum absolute atomic E-state index is 0.364. The second kappa shape index (κ2) is 7.27. The van der Waals surface area contributed by atoms with Crippen molar-refractivity contribution in [3.63, 3.8) is 0 Å². The number of nitriles is 1. The van der Waals surface area contributed by atoms with Crippen molar-refractivity contribution >= 4 is 22.6 Å². The Morgan fingerprint density at radius 2 is 1.92 bits per heavy atom. The summed E-state index contributed by atoms with van der Waals surface area (Å²) in [4.78, 5) is 7.95. The quantitative estimate of drug-likeness (QED) is 0.660. The fraction of sp³-hybridized carbons (Fsp3) is 0.636. The van der Waals surface area contributed by atoms with Gasteiger partial charge in [-0.2, -0.15) is 5.26 Å². The summed E-state index contributed by atoms with van der Waals surface area (Å²) in [5, 5.41) is 10.5. The van der Waals surface area contributed by atoms with Crippen molar-refractivity contribution in [2.45, 2.75) is 82.7 Å². The molecule has 138 valence electrons. The summed E-state index contributed by atoms with van der Waals surface area (Å²) in [5.41, 5.74) is 3.34. The number of amidine groups is 1. The summed E-state index contributed by atoms with van der Waals surface area (Å²) in [5.74, 6) is 1.57. The van der Waals surface area contributed by atoms with Gasteiger partial charge < -0.3 is 4.90 Å². The Bertz CT molecular complexity index is 734. The average Bonchev–Trinajstić information content (AvgIpc) is 3.38. The van der Waals surface area contributed by atoms with Crippen LogP contribution in [0.25, 0.3) is 0 Å². The Kier molecular flexibility index (Phi) is 5.01. The molecule has 1 heterocycles. The van der Waals surface area contributed by atoms with E-state index in [0.717, 1.165) is 11.3 Å². The summed E-state index contributed by atoms with van der Waals surface area (Å²) < 4.78 is 0. The number of nitrogens with zero attached hydrogens (tertiary/aromatic N) is 3. The average molecular weight is 368 g/mol. The third kappa shape index (κ3) is 3.16. The molecule has 0 unspecified atom stereocenters. The number of hydrogen-bond acceptors (Lipinski definition) is 3. The molecule has 0 radical (unpaired) electrons. The number of thioether (sulfide) groups is 1. The molecular formula is C22H29N3S. The van der Waals surface area contributed by atoms with Gasteiger partial charge in [0.25, 0.3) is 0 Å². The van der Waals surface area contributed by atoms with Crippen molar-refractivity contribution in [2.24, 2.45) is 4.99 Å². The largest absolute Gasteiger partial charge is 0.342 e. The first-order chi connectivity index (χ1) is 12.6. The zero-order chi connectivity index (χ0) is 18.1. The number of hydrogen-bond donors (Lipinski definition) is 0. The van der Waals surface area contributed by atoms with Crippen LogP contribution in [0.3, 0.4) is 0 Å². The molecule has 3 nitrogen and oxygen atoms in total. The molecule has 1 saturated heterocycles. The summed E-state index contributed by atoms with van der Waals surface area (Å²) in [6, 6.07) is 8.94. The minimum atomic E-state index is 0.364. The lowest BCUT2D eigenvalue weighted by Crippen LogP contribution is -2.50. The summed E-state index contributed by atoms with van der Waals surface area (Å²) >= 11 is 1.97. The Morgan fingerprint density at radius 1 is 1.19 bits per heavy atom. The molecule has 4 heteroatoms. The molecule has 3 fully saturated rings. The molecular weight excluding hydrogens is 338 g/mol. The lowest BCUT2D eigenvalue weighted by Gasteiger charge is -2.40. The number of aliphatic imine (C=N–C) groups is 1. The molecule has 0 N–H and O–H groups in total. The number of benzene rings is 1. The second-order valence-corrected chi connectivity index (χ2v) is 9.41. The van der Waals surface area contributed by atoms with Gasteiger partial charge in [-0.15, -0.1) is 0 Å². The Hall–Kier alpha value is -1.47. The Labute approximate surface area is 161 Å². The first-order valence-corrected chi connectivity index (χ1v) is 11.2. The molecule has 0 amide bonds. The smallest absolute Gasteiger partial charge is 0.165 e. The van der Waals surface area contributed by atoms with Crippen molar-refractivity contribution in [2.75, 3.05) is 5.75 Å². The van der Waals surface area contributed by atoms with E-state index in [9.17, 15) is 5.26 Å². The maximum Gasteiger partial charge on any atom is 0.165 e. The highest BCUT2D eigenvalue weighted by atomic mass is 32.2. The molecule has 1 aromatic carbocycles. The van der Waals surface area contributed by atoms with Gasteiger partial charge in [0.15, 0.2) is 5.17 Å². The first kappa shape index (κ1) is 17.9. The maximum atomic E-state index is 9.25. The van der Waals surface area contributed by atoms with Gasteiger partial charge in [-0.05, 0) is 55.4 Å². The van der Waals surface area contributed by atoms with Crippen molar-refractivity contribution in [3.8, 4) is 6.07 Å². The Morgan fingerprint density at radius 3 is 2.58 bits per heavy atom. The molecule has 1 aromatic rings. The van der Waals surface area contributed by atoms with E-state index in [-0.39, 0.29) is 0 Å². The zero-order valence-corrected chi connectivity index (χ0v) is 16.8. The molecule has 4 rings (SSSR count). The molecule has 2 saturated carbocycles. The second-order valence-electron chi connectivity index (χ2n) is 8.46. The summed E-state index contributed by atoms with van der Waals surface area (Å²) in [6.07, 6.45) is 10.8. The Balaban J connectivity index is 1.73. The van der Waals surface area contributed by atoms with Gasteiger partial charge in [0, 0.05) is 11.8 Å². The van der Waals surface area contributed by atoms with Gasteiger partial charge in [-0.25, -0.2) is 4.99 Å². The molecule has 0 aromatic heterocycles. The summed E-state index contributed by atoms with van der Waals surface area (Å²) in [7, 11) is 0. The van der Waals surface area contributed by atoms with Crippen molar-refractivity contribution in [1.82, 2.24) is 4.90 Å². The van der Waals surface area contributed by atoms with E-state index in [4.69, 9.17) is 4.99 Å². The normalized spacial score (nSPS) is 24.2. The molecule has 3 aliphatic rings. The van der Waals surface area contributed by atoms with Crippen LogP contribution in [-0.2, 0) is 0 Å². The van der Waals surface area contributed by atoms with Crippen molar-refractivity contribution in [1.29, 1.82) is 5.26 Å². The monoisotopic (exact) mass is 367 g/mol. The first-order valence-electron chi connectivity index (χ1n) is 10.2. The van der Waals surface area contributed by atoms with E-state index >= 15 is 0 Å². The third-order valence-electron chi connectivity index (χ3n) is 6.41. The lowest BCUT2D eigenvalue weighted by atomic mass is 9.95. The highest BCUT2D eigenvalue weighted by Crippen LogP contribution is 2.48. The van der Waals surface area contributed by atoms with Crippen molar-refractivity contribution in [3.05, 3.63) is 29.3 Å². The third-order valence-corrected chi connectivity index (χ3v) is 7.63. The minimum Gasteiger partial charge on any atom is -0.342 e. The predicted molar refractivity (Wildman–Crippen MR) is 110 cm³/mol. The predicted octanol–water partition coefficient (Wildman–Crippen LogP) is 5.97. The van der Waals surface area contributed by atoms with Gasteiger partial charge >= 0.3 is 0 Å². The van der Waals surface area contributed by atoms with Gasteiger partial charge in [-0.3, -0.25) is 0 Å². The van der Waals surface area contributed by atoms with Crippen molar-refractivity contribution < 1.29 is 0 Å². The fourth-order valence-corrected chi connectivity index (χ4v) is 6.51. The van der Waals surface area contributed by atoms with Crippen LogP contribution in [0.2, 0.25) is 0 Å². The summed E-state index contributed by atoms with van der Waals surface area (Å²) in [6.45, 7) is 4.38. The highest BCUT2D eigenvalue weighted by molar-refractivity contribution is 8.14. The topological polar surface area (TPSA) is 39.4 Å². The maximum absolute atomic E-state index is 9.25. The van der Waals surface area contributed by atoms with E-state index < -0.39 is 0 Å². The zero-order valence-electron chi connectivity index (χ0n) is 16.0. The van der Waals surface area contributed by atoms with Crippen LogP contribution >= 0.6 is 11.8 Å². The lowest BCUT2D eigenvalue weighted by molar-refractivity contribution is 0.163. The van der Waals surface area contributed by atoms with E-state index in [1.54, 1.807) is 0 Å². The number of rotatable bonds is 3. The molecule has 1 spiro atoms. The van der Waals surface area contributed by atoms with E-state index in [1.165, 1.54) is 67.9 Å². The molecule has 2 aliphatic carbocycles.